The van der Waals surface area contributed by atoms with Crippen LogP contribution in [0.15, 0.2) is 28.7 Å². The van der Waals surface area contributed by atoms with Crippen LogP contribution in [-0.4, -0.2) is 17.0 Å². The lowest BCUT2D eigenvalue weighted by Crippen LogP contribution is -2.01. The Kier molecular flexibility index (Phi) is 3.82. The third-order valence-corrected chi connectivity index (χ3v) is 5.18. The molecular weight excluding hydrogens is 348 g/mol. The highest BCUT2D eigenvalue weighted by Crippen LogP contribution is 2.34. The molecule has 3 rings (SSSR count). The number of nitrogens with zero attached hydrogens (tertiary/aromatic N) is 2. The Balaban J connectivity index is 2.12. The first-order valence-electron chi connectivity index (χ1n) is 6.56. The molecule has 0 amide bonds. The topological polar surface area (TPSA) is 49.8 Å². The van der Waals surface area contributed by atoms with Crippen LogP contribution in [0.5, 0.6) is 0 Å². The molecule has 2 N–H and O–H groups in total. The van der Waals surface area contributed by atoms with E-state index in [-0.39, 0.29) is 0 Å². The average molecular weight is 363 g/mol. The zero-order chi connectivity index (χ0) is 15.0. The molecule has 0 radical (unpaired) electrons. The quantitative estimate of drug-likeness (QED) is 0.698. The third kappa shape index (κ3) is 2.73. The Bertz CT molecular complexity index is 813. The van der Waals surface area contributed by atoms with Crippen LogP contribution in [0, 0.1) is 13.8 Å². The number of anilines is 3. The summed E-state index contributed by atoms with van der Waals surface area (Å²) in [5.74, 6) is 1.44. The summed E-state index contributed by atoms with van der Waals surface area (Å²) < 4.78 is 1.05. The van der Waals surface area contributed by atoms with Gasteiger partial charge in [-0.15, -0.1) is 11.3 Å². The summed E-state index contributed by atoms with van der Waals surface area (Å²) in [6, 6.07) is 8.24. The number of nitrogens with one attached hydrogen (secondary N) is 2. The molecule has 0 atom stereocenters. The molecule has 2 heterocycles. The highest BCUT2D eigenvalue weighted by Gasteiger charge is 2.12. The molecule has 3 aromatic rings. The van der Waals surface area contributed by atoms with Crippen LogP contribution in [0.1, 0.15) is 10.4 Å². The van der Waals surface area contributed by atoms with Gasteiger partial charge in [-0.05, 0) is 47.5 Å². The van der Waals surface area contributed by atoms with Gasteiger partial charge < -0.3 is 10.6 Å². The van der Waals surface area contributed by atoms with Crippen molar-refractivity contribution >= 4 is 54.9 Å². The number of rotatable bonds is 3. The van der Waals surface area contributed by atoms with E-state index in [9.17, 15) is 0 Å². The van der Waals surface area contributed by atoms with Gasteiger partial charge in [0.1, 0.15) is 10.6 Å². The van der Waals surface area contributed by atoms with Crippen LogP contribution >= 0.6 is 27.3 Å². The predicted octanol–water partition coefficient (Wildman–Crippen LogP) is 4.86. The van der Waals surface area contributed by atoms with Gasteiger partial charge >= 0.3 is 0 Å². The Morgan fingerprint density at radius 2 is 2.00 bits per heavy atom. The van der Waals surface area contributed by atoms with E-state index in [1.54, 1.807) is 11.3 Å². The molecule has 6 heteroatoms. The standard InChI is InChI=1S/C15H15BrN4S/c1-8-5-4-6-11(12(8)16)18-13-10-7-9(2)21-14(10)20-15(17-3)19-13/h4-7H,1-3H3,(H2,17,18,19,20). The fourth-order valence-corrected chi connectivity index (χ4v) is 3.36. The summed E-state index contributed by atoms with van der Waals surface area (Å²) in [7, 11) is 1.83. The van der Waals surface area contributed by atoms with Crippen molar-refractivity contribution < 1.29 is 0 Å². The van der Waals surface area contributed by atoms with Gasteiger partial charge in [-0.25, -0.2) is 4.98 Å². The minimum Gasteiger partial charge on any atom is -0.357 e. The molecule has 1 aromatic carbocycles. The van der Waals surface area contributed by atoms with E-state index in [4.69, 9.17) is 0 Å². The molecule has 0 aliphatic rings. The second-order valence-electron chi connectivity index (χ2n) is 4.78. The highest BCUT2D eigenvalue weighted by atomic mass is 79.9. The molecule has 2 aromatic heterocycles. The number of aromatic nitrogens is 2. The molecule has 0 unspecified atom stereocenters. The number of hydrogen-bond acceptors (Lipinski definition) is 5. The molecular formula is C15H15BrN4S. The SMILES string of the molecule is CNc1nc(Nc2cccc(C)c2Br)c2cc(C)sc2n1. The van der Waals surface area contributed by atoms with Gasteiger partial charge in [0, 0.05) is 16.4 Å². The maximum atomic E-state index is 4.55. The smallest absolute Gasteiger partial charge is 0.225 e. The van der Waals surface area contributed by atoms with Crippen LogP contribution in [0.3, 0.4) is 0 Å². The van der Waals surface area contributed by atoms with Crippen molar-refractivity contribution in [2.75, 3.05) is 17.7 Å². The molecule has 108 valence electrons. The van der Waals surface area contributed by atoms with Gasteiger partial charge in [0.05, 0.1) is 11.1 Å². The number of aryl methyl sites for hydroxylation is 2. The van der Waals surface area contributed by atoms with Crippen LogP contribution in [0.25, 0.3) is 10.2 Å². The predicted molar refractivity (Wildman–Crippen MR) is 93.9 cm³/mol. The second kappa shape index (κ2) is 5.61. The zero-order valence-electron chi connectivity index (χ0n) is 12.0. The van der Waals surface area contributed by atoms with Crippen LogP contribution in [-0.2, 0) is 0 Å². The van der Waals surface area contributed by atoms with Gasteiger partial charge in [0.25, 0.3) is 0 Å². The minimum atomic E-state index is 0.621. The van der Waals surface area contributed by atoms with E-state index in [1.165, 1.54) is 10.4 Å². The Labute approximate surface area is 135 Å². The molecule has 21 heavy (non-hydrogen) atoms. The Hall–Kier alpha value is -1.66. The van der Waals surface area contributed by atoms with Gasteiger partial charge in [-0.1, -0.05) is 12.1 Å². The lowest BCUT2D eigenvalue weighted by molar-refractivity contribution is 1.20. The molecule has 0 spiro atoms. The highest BCUT2D eigenvalue weighted by molar-refractivity contribution is 9.10. The van der Waals surface area contributed by atoms with Gasteiger partial charge in [0.15, 0.2) is 0 Å². The van der Waals surface area contributed by atoms with Crippen molar-refractivity contribution in [3.63, 3.8) is 0 Å². The van der Waals surface area contributed by atoms with Crippen LogP contribution < -0.4 is 10.6 Å². The molecule has 0 saturated heterocycles. The zero-order valence-corrected chi connectivity index (χ0v) is 14.4. The monoisotopic (exact) mass is 362 g/mol. The maximum Gasteiger partial charge on any atom is 0.225 e. The maximum absolute atomic E-state index is 4.55. The van der Waals surface area contributed by atoms with E-state index < -0.39 is 0 Å². The van der Waals surface area contributed by atoms with Crippen LogP contribution in [0.2, 0.25) is 0 Å². The van der Waals surface area contributed by atoms with Crippen molar-refractivity contribution in [2.24, 2.45) is 0 Å². The van der Waals surface area contributed by atoms with Crippen molar-refractivity contribution in [1.82, 2.24) is 9.97 Å². The third-order valence-electron chi connectivity index (χ3n) is 3.18. The number of hydrogen-bond donors (Lipinski definition) is 2. The summed E-state index contributed by atoms with van der Waals surface area (Å²) in [6.45, 7) is 4.15. The second-order valence-corrected chi connectivity index (χ2v) is 6.81. The van der Waals surface area contributed by atoms with Gasteiger partial charge in [0.2, 0.25) is 5.95 Å². The van der Waals surface area contributed by atoms with Crippen molar-refractivity contribution in [3.8, 4) is 0 Å². The van der Waals surface area contributed by atoms with E-state index >= 15 is 0 Å². The average Bonchev–Trinajstić information content (AvgIpc) is 2.84. The molecule has 4 nitrogen and oxygen atoms in total. The van der Waals surface area contributed by atoms with E-state index in [1.807, 2.05) is 19.2 Å². The fraction of sp³-hybridized carbons (Fsp3) is 0.200. The van der Waals surface area contributed by atoms with E-state index in [0.717, 1.165) is 26.2 Å². The van der Waals surface area contributed by atoms with Gasteiger partial charge in [-0.3, -0.25) is 0 Å². The molecule has 0 fully saturated rings. The number of benzene rings is 1. The number of halogens is 1. The van der Waals surface area contributed by atoms with Gasteiger partial charge in [-0.2, -0.15) is 4.98 Å². The summed E-state index contributed by atoms with van der Waals surface area (Å²) in [5.41, 5.74) is 2.18. The van der Waals surface area contributed by atoms with E-state index in [2.05, 4.69) is 62.5 Å². The van der Waals surface area contributed by atoms with Crippen molar-refractivity contribution in [2.45, 2.75) is 13.8 Å². The lowest BCUT2D eigenvalue weighted by Gasteiger charge is -2.11. The molecule has 0 aliphatic heterocycles. The summed E-state index contributed by atoms with van der Waals surface area (Å²) in [5, 5.41) is 7.47. The van der Waals surface area contributed by atoms with Crippen molar-refractivity contribution in [1.29, 1.82) is 0 Å². The normalized spacial score (nSPS) is 10.9. The lowest BCUT2D eigenvalue weighted by atomic mass is 10.2. The first-order chi connectivity index (χ1) is 10.1. The number of thiophene rings is 1. The molecule has 0 saturated carbocycles. The first-order valence-corrected chi connectivity index (χ1v) is 8.17. The first kappa shape index (κ1) is 14.3. The fourth-order valence-electron chi connectivity index (χ4n) is 2.12. The Morgan fingerprint density at radius 1 is 1.19 bits per heavy atom. The summed E-state index contributed by atoms with van der Waals surface area (Å²) >= 11 is 5.29. The minimum absolute atomic E-state index is 0.621. The summed E-state index contributed by atoms with van der Waals surface area (Å²) in [4.78, 5) is 11.3. The summed E-state index contributed by atoms with van der Waals surface area (Å²) in [6.07, 6.45) is 0. The molecule has 0 aliphatic carbocycles. The number of fused-ring (bicyclic) bond motifs is 1. The van der Waals surface area contributed by atoms with Crippen molar-refractivity contribution in [3.05, 3.63) is 39.2 Å². The van der Waals surface area contributed by atoms with E-state index in [0.29, 0.717) is 5.95 Å². The largest absolute Gasteiger partial charge is 0.357 e. The Morgan fingerprint density at radius 3 is 2.76 bits per heavy atom. The van der Waals surface area contributed by atoms with Crippen LogP contribution in [0.4, 0.5) is 17.5 Å². The molecule has 0 bridgehead atoms.